The average Bonchev–Trinajstić information content (AvgIpc) is 2.84. The molecule has 1 aliphatic heterocycles. The summed E-state index contributed by atoms with van der Waals surface area (Å²) in [5.74, 6) is -0.746. The number of amides is 1. The lowest BCUT2D eigenvalue weighted by Gasteiger charge is -2.11. The molecule has 1 amide bonds. The highest BCUT2D eigenvalue weighted by Gasteiger charge is 2.19. The Balaban J connectivity index is 1.70. The molecule has 25 heavy (non-hydrogen) atoms. The van der Waals surface area contributed by atoms with Crippen LogP contribution in [-0.2, 0) is 35.5 Å². The average molecular weight is 347 g/mol. The van der Waals surface area contributed by atoms with Crippen molar-refractivity contribution in [1.29, 1.82) is 0 Å². The summed E-state index contributed by atoms with van der Waals surface area (Å²) in [5.41, 5.74) is 0.234. The summed E-state index contributed by atoms with van der Waals surface area (Å²) in [5, 5.41) is 12.7. The Kier molecular flexibility index (Phi) is 5.08. The molecule has 8 heteroatoms. The van der Waals surface area contributed by atoms with Gasteiger partial charge in [-0.25, -0.2) is 9.37 Å². The minimum atomic E-state index is -0.558. The number of ether oxygens (including phenoxy) is 1. The third-order valence-corrected chi connectivity index (χ3v) is 3.96. The third-order valence-electron chi connectivity index (χ3n) is 3.96. The molecule has 0 aliphatic carbocycles. The number of aromatic nitrogens is 2. The first kappa shape index (κ1) is 17.1. The highest BCUT2D eigenvalue weighted by molar-refractivity contribution is 5.78. The zero-order valence-corrected chi connectivity index (χ0v) is 13.5. The minimum Gasteiger partial charge on any atom is -0.502 e. The van der Waals surface area contributed by atoms with Gasteiger partial charge in [0.25, 0.3) is 5.56 Å². The molecule has 0 bridgehead atoms. The summed E-state index contributed by atoms with van der Waals surface area (Å²) >= 11 is 0. The van der Waals surface area contributed by atoms with Crippen molar-refractivity contribution in [1.82, 2.24) is 14.9 Å². The Morgan fingerprint density at radius 1 is 1.32 bits per heavy atom. The molecule has 2 heterocycles. The summed E-state index contributed by atoms with van der Waals surface area (Å²) in [7, 11) is 0. The van der Waals surface area contributed by atoms with Gasteiger partial charge < -0.3 is 15.2 Å². The highest BCUT2D eigenvalue weighted by Crippen LogP contribution is 2.13. The molecule has 1 aromatic heterocycles. The number of rotatable bonds is 4. The van der Waals surface area contributed by atoms with Crippen molar-refractivity contribution in [2.24, 2.45) is 0 Å². The van der Waals surface area contributed by atoms with Gasteiger partial charge in [0.1, 0.15) is 11.6 Å². The number of carbonyl (C=O) groups is 1. The van der Waals surface area contributed by atoms with Crippen LogP contribution in [0.3, 0.4) is 0 Å². The Morgan fingerprint density at radius 2 is 2.08 bits per heavy atom. The lowest BCUT2D eigenvalue weighted by atomic mass is 10.2. The molecule has 0 unspecified atom stereocenters. The molecule has 1 aliphatic rings. The van der Waals surface area contributed by atoms with Crippen molar-refractivity contribution in [2.75, 3.05) is 13.2 Å². The number of benzene rings is 1. The Labute approximate surface area is 143 Å². The van der Waals surface area contributed by atoms with Gasteiger partial charge in [0.05, 0.1) is 31.9 Å². The molecule has 7 nitrogen and oxygen atoms in total. The summed E-state index contributed by atoms with van der Waals surface area (Å²) in [6.45, 7) is 1.36. The number of nitrogens with one attached hydrogen (secondary N) is 1. The Hall–Kier alpha value is -2.74. The van der Waals surface area contributed by atoms with E-state index >= 15 is 0 Å². The maximum atomic E-state index is 12.9. The van der Waals surface area contributed by atoms with Gasteiger partial charge in [0.2, 0.25) is 11.7 Å². The molecule has 1 aromatic carbocycles. The van der Waals surface area contributed by atoms with Crippen molar-refractivity contribution in [3.63, 3.8) is 0 Å². The second kappa shape index (κ2) is 7.43. The van der Waals surface area contributed by atoms with Gasteiger partial charge in [-0.15, -0.1) is 0 Å². The van der Waals surface area contributed by atoms with Crippen LogP contribution in [0.15, 0.2) is 29.1 Å². The van der Waals surface area contributed by atoms with Gasteiger partial charge in [-0.2, -0.15) is 0 Å². The third kappa shape index (κ3) is 4.03. The van der Waals surface area contributed by atoms with Crippen LogP contribution in [0, 0.1) is 5.82 Å². The smallest absolute Gasteiger partial charge is 0.296 e. The number of nitrogens with zero attached hydrogens (tertiary/aromatic N) is 2. The van der Waals surface area contributed by atoms with E-state index in [9.17, 15) is 19.1 Å². The predicted molar refractivity (Wildman–Crippen MR) is 86.6 cm³/mol. The molecule has 0 spiro atoms. The van der Waals surface area contributed by atoms with Crippen molar-refractivity contribution in [2.45, 2.75) is 25.9 Å². The number of halogens is 1. The quantitative estimate of drug-likeness (QED) is 0.841. The first-order chi connectivity index (χ1) is 12.0. The van der Waals surface area contributed by atoms with E-state index in [-0.39, 0.29) is 30.4 Å². The molecule has 3 rings (SSSR count). The maximum Gasteiger partial charge on any atom is 0.296 e. The summed E-state index contributed by atoms with van der Waals surface area (Å²) in [6.07, 6.45) is 0.233. The molecule has 2 aromatic rings. The molecule has 0 fully saturated rings. The Morgan fingerprint density at radius 3 is 2.84 bits per heavy atom. The van der Waals surface area contributed by atoms with Gasteiger partial charge in [-0.3, -0.25) is 14.2 Å². The highest BCUT2D eigenvalue weighted by atomic mass is 19.1. The normalized spacial score (nSPS) is 13.8. The molecule has 132 valence electrons. The summed E-state index contributed by atoms with van der Waals surface area (Å²) < 4.78 is 19.5. The first-order valence-electron chi connectivity index (χ1n) is 7.95. The largest absolute Gasteiger partial charge is 0.502 e. The monoisotopic (exact) mass is 347 g/mol. The van der Waals surface area contributed by atoms with E-state index in [2.05, 4.69) is 10.3 Å². The number of fused-ring (bicyclic) bond motifs is 1. The molecule has 0 saturated heterocycles. The first-order valence-corrected chi connectivity index (χ1v) is 7.95. The molecule has 2 N–H and O–H groups in total. The summed E-state index contributed by atoms with van der Waals surface area (Å²) in [4.78, 5) is 28.6. The van der Waals surface area contributed by atoms with Crippen LogP contribution >= 0.6 is 0 Å². The number of carbonyl (C=O) groups excluding carboxylic acids is 1. The molecular weight excluding hydrogens is 329 g/mol. The van der Waals surface area contributed by atoms with Gasteiger partial charge in [0, 0.05) is 13.0 Å². The zero-order chi connectivity index (χ0) is 17.8. The van der Waals surface area contributed by atoms with Crippen molar-refractivity contribution < 1.29 is 19.0 Å². The van der Waals surface area contributed by atoms with Crippen LogP contribution in [0.5, 0.6) is 5.75 Å². The van der Waals surface area contributed by atoms with Gasteiger partial charge >= 0.3 is 0 Å². The number of hydrogen-bond acceptors (Lipinski definition) is 5. The van der Waals surface area contributed by atoms with Gasteiger partial charge in [-0.05, 0) is 17.7 Å². The van der Waals surface area contributed by atoms with E-state index in [4.69, 9.17) is 4.74 Å². The van der Waals surface area contributed by atoms with Crippen molar-refractivity contribution in [3.05, 3.63) is 57.5 Å². The molecular formula is C17H18FN3O4. The molecule has 0 radical (unpaired) electrons. The SMILES string of the molecule is O=C(Cc1nc2n(c(=O)c1O)CCOCC2)NCc1ccc(F)cc1. The van der Waals surface area contributed by atoms with E-state index in [0.717, 1.165) is 5.56 Å². The minimum absolute atomic E-state index is 0.0507. The summed E-state index contributed by atoms with van der Waals surface area (Å²) in [6, 6.07) is 5.76. The molecule has 0 saturated carbocycles. The lowest BCUT2D eigenvalue weighted by molar-refractivity contribution is -0.120. The van der Waals surface area contributed by atoms with Crippen LogP contribution in [-0.4, -0.2) is 33.8 Å². The van der Waals surface area contributed by atoms with Gasteiger partial charge in [0.15, 0.2) is 0 Å². The van der Waals surface area contributed by atoms with E-state index in [1.54, 1.807) is 12.1 Å². The lowest BCUT2D eigenvalue weighted by Crippen LogP contribution is -2.29. The zero-order valence-electron chi connectivity index (χ0n) is 13.5. The van der Waals surface area contributed by atoms with Crippen LogP contribution in [0.25, 0.3) is 0 Å². The maximum absolute atomic E-state index is 12.9. The van der Waals surface area contributed by atoms with E-state index in [1.165, 1.54) is 16.7 Å². The fourth-order valence-electron chi connectivity index (χ4n) is 2.62. The topological polar surface area (TPSA) is 93.5 Å². The van der Waals surface area contributed by atoms with E-state index < -0.39 is 11.3 Å². The van der Waals surface area contributed by atoms with Crippen molar-refractivity contribution >= 4 is 5.91 Å². The standard InChI is InChI=1S/C17H18FN3O4/c18-12-3-1-11(2-4-12)10-19-15(22)9-13-16(23)17(24)21-6-8-25-7-5-14(21)20-13/h1-4,23H,5-10H2,(H,19,22). The van der Waals surface area contributed by atoms with Crippen LogP contribution < -0.4 is 10.9 Å². The van der Waals surface area contributed by atoms with Crippen molar-refractivity contribution in [3.8, 4) is 5.75 Å². The fourth-order valence-corrected chi connectivity index (χ4v) is 2.62. The van der Waals surface area contributed by atoms with Gasteiger partial charge in [-0.1, -0.05) is 12.1 Å². The Bertz CT molecular complexity index is 833. The van der Waals surface area contributed by atoms with E-state index in [1.807, 2.05) is 0 Å². The fraction of sp³-hybridized carbons (Fsp3) is 0.353. The van der Waals surface area contributed by atoms with Crippen LogP contribution in [0.2, 0.25) is 0 Å². The molecule has 0 atom stereocenters. The second-order valence-corrected chi connectivity index (χ2v) is 5.72. The second-order valence-electron chi connectivity index (χ2n) is 5.72. The van der Waals surface area contributed by atoms with Crippen LogP contribution in [0.1, 0.15) is 17.1 Å². The van der Waals surface area contributed by atoms with Crippen LogP contribution in [0.4, 0.5) is 4.39 Å². The number of hydrogen-bond donors (Lipinski definition) is 2. The predicted octanol–water partition coefficient (Wildman–Crippen LogP) is 0.520. The van der Waals surface area contributed by atoms with E-state index in [0.29, 0.717) is 32.0 Å². The number of aromatic hydroxyl groups is 1.